The highest BCUT2D eigenvalue weighted by molar-refractivity contribution is 7.17. The van der Waals surface area contributed by atoms with Gasteiger partial charge in [0.15, 0.2) is 0 Å². The lowest BCUT2D eigenvalue weighted by Crippen LogP contribution is -2.31. The monoisotopic (exact) mass is 374 g/mol. The van der Waals surface area contributed by atoms with Crippen molar-refractivity contribution in [2.45, 2.75) is 25.3 Å². The molecule has 136 valence electrons. The molecule has 1 N–H and O–H groups in total. The van der Waals surface area contributed by atoms with Crippen LogP contribution in [-0.2, 0) is 12.8 Å². The summed E-state index contributed by atoms with van der Waals surface area (Å²) in [4.78, 5) is 17.3. The number of nitrogens with one attached hydrogen (secondary N) is 1. The number of likely N-dealkylation sites (tertiary alicyclic amines) is 1. The van der Waals surface area contributed by atoms with E-state index in [0.29, 0.717) is 6.04 Å². The van der Waals surface area contributed by atoms with Gasteiger partial charge in [-0.05, 0) is 54.2 Å². The fourth-order valence-corrected chi connectivity index (χ4v) is 5.40. The maximum atomic E-state index is 13.1. The zero-order valence-corrected chi connectivity index (χ0v) is 16.0. The van der Waals surface area contributed by atoms with Gasteiger partial charge in [-0.3, -0.25) is 4.79 Å². The highest BCUT2D eigenvalue weighted by Crippen LogP contribution is 2.40. The summed E-state index contributed by atoms with van der Waals surface area (Å²) in [5.74, 6) is 0.184. The Labute approximate surface area is 163 Å². The Morgan fingerprint density at radius 1 is 1.00 bits per heavy atom. The first-order valence-electron chi connectivity index (χ1n) is 9.60. The molecule has 2 aromatic carbocycles. The Kier molecular flexibility index (Phi) is 4.21. The maximum absolute atomic E-state index is 13.1. The van der Waals surface area contributed by atoms with Crippen molar-refractivity contribution in [3.05, 3.63) is 76.7 Å². The van der Waals surface area contributed by atoms with E-state index in [4.69, 9.17) is 0 Å². The highest BCUT2D eigenvalue weighted by atomic mass is 32.1. The van der Waals surface area contributed by atoms with Gasteiger partial charge in [0.05, 0.1) is 4.88 Å². The number of nitrogens with zero attached hydrogens (tertiary/aromatic N) is 1. The van der Waals surface area contributed by atoms with Crippen LogP contribution in [0, 0.1) is 0 Å². The second-order valence-corrected chi connectivity index (χ2v) is 8.42. The van der Waals surface area contributed by atoms with Crippen LogP contribution in [-0.4, -0.2) is 29.9 Å². The molecule has 0 saturated carbocycles. The molecular weight excluding hydrogens is 352 g/mol. The number of hydrogen-bond acceptors (Lipinski definition) is 3. The predicted molar refractivity (Wildman–Crippen MR) is 112 cm³/mol. The van der Waals surface area contributed by atoms with E-state index in [1.807, 2.05) is 23.1 Å². The van der Waals surface area contributed by atoms with E-state index in [2.05, 4.69) is 47.8 Å². The third-order valence-electron chi connectivity index (χ3n) is 5.57. The molecule has 5 rings (SSSR count). The van der Waals surface area contributed by atoms with Crippen molar-refractivity contribution >= 4 is 22.9 Å². The molecule has 4 heteroatoms. The van der Waals surface area contributed by atoms with Crippen molar-refractivity contribution in [3.63, 3.8) is 0 Å². The summed E-state index contributed by atoms with van der Waals surface area (Å²) in [6, 6.07) is 21.3. The Morgan fingerprint density at radius 3 is 2.67 bits per heavy atom. The number of carbonyl (C=O) groups is 1. The SMILES string of the molecule is O=C(c1cc2c(s1)-c1ccccc1CC2)N1CCC(Nc2ccccc2)C1. The van der Waals surface area contributed by atoms with Crippen molar-refractivity contribution in [1.29, 1.82) is 0 Å². The number of benzene rings is 2. The highest BCUT2D eigenvalue weighted by Gasteiger charge is 2.29. The smallest absolute Gasteiger partial charge is 0.264 e. The summed E-state index contributed by atoms with van der Waals surface area (Å²) in [6.07, 6.45) is 3.10. The lowest BCUT2D eigenvalue weighted by molar-refractivity contribution is 0.0796. The summed E-state index contributed by atoms with van der Waals surface area (Å²) in [5, 5.41) is 3.55. The van der Waals surface area contributed by atoms with Gasteiger partial charge in [-0.25, -0.2) is 0 Å². The van der Waals surface area contributed by atoms with Gasteiger partial charge < -0.3 is 10.2 Å². The fourth-order valence-electron chi connectivity index (χ4n) is 4.17. The molecule has 27 heavy (non-hydrogen) atoms. The zero-order chi connectivity index (χ0) is 18.2. The molecule has 1 aliphatic carbocycles. The van der Waals surface area contributed by atoms with Crippen LogP contribution in [0.25, 0.3) is 10.4 Å². The number of fused-ring (bicyclic) bond motifs is 3. The van der Waals surface area contributed by atoms with Crippen molar-refractivity contribution in [3.8, 4) is 10.4 Å². The van der Waals surface area contributed by atoms with Crippen LogP contribution >= 0.6 is 11.3 Å². The van der Waals surface area contributed by atoms with Crippen LogP contribution in [0.2, 0.25) is 0 Å². The van der Waals surface area contributed by atoms with E-state index in [0.717, 1.165) is 42.9 Å². The predicted octanol–water partition coefficient (Wildman–Crippen LogP) is 4.84. The number of aryl methyl sites for hydroxylation is 2. The molecule has 1 saturated heterocycles. The summed E-state index contributed by atoms with van der Waals surface area (Å²) < 4.78 is 0. The average molecular weight is 375 g/mol. The summed E-state index contributed by atoms with van der Waals surface area (Å²) >= 11 is 1.67. The van der Waals surface area contributed by atoms with Gasteiger partial charge in [-0.15, -0.1) is 11.3 Å². The van der Waals surface area contributed by atoms with Gasteiger partial charge >= 0.3 is 0 Å². The standard InChI is InChI=1S/C23H22N2OS/c26-23(25-13-12-19(15-25)24-18-7-2-1-3-8-18)21-14-17-11-10-16-6-4-5-9-20(16)22(17)27-21/h1-9,14,19,24H,10-13,15H2. The van der Waals surface area contributed by atoms with Crippen LogP contribution in [0.3, 0.4) is 0 Å². The Balaban J connectivity index is 1.32. The quantitative estimate of drug-likeness (QED) is 0.711. The molecule has 1 aliphatic heterocycles. The van der Waals surface area contributed by atoms with Crippen molar-refractivity contribution in [1.82, 2.24) is 4.90 Å². The average Bonchev–Trinajstić information content (AvgIpc) is 3.35. The number of thiophene rings is 1. The maximum Gasteiger partial charge on any atom is 0.264 e. The van der Waals surface area contributed by atoms with E-state index in [-0.39, 0.29) is 5.91 Å². The Morgan fingerprint density at radius 2 is 1.78 bits per heavy atom. The lowest BCUT2D eigenvalue weighted by Gasteiger charge is -2.17. The number of rotatable bonds is 3. The molecule has 3 aromatic rings. The topological polar surface area (TPSA) is 32.3 Å². The molecule has 2 heterocycles. The second-order valence-electron chi connectivity index (χ2n) is 7.37. The summed E-state index contributed by atoms with van der Waals surface area (Å²) in [5.41, 5.74) is 5.17. The number of amides is 1. The van der Waals surface area contributed by atoms with E-state index in [1.54, 1.807) is 11.3 Å². The minimum atomic E-state index is 0.184. The minimum absolute atomic E-state index is 0.184. The first-order valence-corrected chi connectivity index (χ1v) is 10.4. The third kappa shape index (κ3) is 3.15. The second kappa shape index (κ2) is 6.86. The van der Waals surface area contributed by atoms with Crippen LogP contribution in [0.15, 0.2) is 60.7 Å². The zero-order valence-electron chi connectivity index (χ0n) is 15.2. The molecule has 0 spiro atoms. The molecule has 2 aliphatic rings. The molecule has 1 unspecified atom stereocenters. The normalized spacial score (nSPS) is 18.1. The van der Waals surface area contributed by atoms with E-state index in [9.17, 15) is 4.79 Å². The van der Waals surface area contributed by atoms with Gasteiger partial charge in [0.25, 0.3) is 5.91 Å². The largest absolute Gasteiger partial charge is 0.380 e. The van der Waals surface area contributed by atoms with E-state index in [1.165, 1.54) is 21.6 Å². The van der Waals surface area contributed by atoms with Gasteiger partial charge in [-0.2, -0.15) is 0 Å². The minimum Gasteiger partial charge on any atom is -0.380 e. The first-order chi connectivity index (χ1) is 13.3. The molecule has 1 atom stereocenters. The molecule has 1 fully saturated rings. The molecule has 0 radical (unpaired) electrons. The van der Waals surface area contributed by atoms with E-state index < -0.39 is 0 Å². The van der Waals surface area contributed by atoms with Crippen molar-refractivity contribution < 1.29 is 4.79 Å². The Hall–Kier alpha value is -2.59. The fraction of sp³-hybridized carbons (Fsp3) is 0.261. The number of carbonyl (C=O) groups excluding carboxylic acids is 1. The van der Waals surface area contributed by atoms with Crippen LogP contribution in [0.1, 0.15) is 27.2 Å². The Bertz CT molecular complexity index is 979. The van der Waals surface area contributed by atoms with Gasteiger partial charge in [0.2, 0.25) is 0 Å². The molecule has 0 bridgehead atoms. The third-order valence-corrected chi connectivity index (χ3v) is 6.76. The lowest BCUT2D eigenvalue weighted by atomic mass is 9.91. The van der Waals surface area contributed by atoms with Gasteiger partial charge in [-0.1, -0.05) is 42.5 Å². The number of anilines is 1. The van der Waals surface area contributed by atoms with E-state index >= 15 is 0 Å². The van der Waals surface area contributed by atoms with Crippen LogP contribution < -0.4 is 5.32 Å². The van der Waals surface area contributed by atoms with Crippen LogP contribution in [0.5, 0.6) is 0 Å². The van der Waals surface area contributed by atoms with Crippen LogP contribution in [0.4, 0.5) is 5.69 Å². The first kappa shape index (κ1) is 16.6. The molecule has 1 amide bonds. The molecule has 1 aromatic heterocycles. The molecular formula is C23H22N2OS. The number of hydrogen-bond donors (Lipinski definition) is 1. The van der Waals surface area contributed by atoms with Crippen molar-refractivity contribution in [2.75, 3.05) is 18.4 Å². The van der Waals surface area contributed by atoms with Gasteiger partial charge in [0, 0.05) is 29.7 Å². The number of para-hydroxylation sites is 1. The summed E-state index contributed by atoms with van der Waals surface area (Å²) in [7, 11) is 0. The molecule has 3 nitrogen and oxygen atoms in total. The van der Waals surface area contributed by atoms with Crippen molar-refractivity contribution in [2.24, 2.45) is 0 Å². The van der Waals surface area contributed by atoms with Gasteiger partial charge in [0.1, 0.15) is 0 Å². The summed E-state index contributed by atoms with van der Waals surface area (Å²) in [6.45, 7) is 1.59.